The fraction of sp³-hybridized carbons (Fsp3) is 0.450. The summed E-state index contributed by atoms with van der Waals surface area (Å²) in [7, 11) is 3.43. The first-order chi connectivity index (χ1) is 12.6. The van der Waals surface area contributed by atoms with Gasteiger partial charge in [0.05, 0.1) is 6.61 Å². The molecular formula is C20H25NO4S. The van der Waals surface area contributed by atoms with E-state index in [0.29, 0.717) is 25.2 Å². The molecule has 0 unspecified atom stereocenters. The topological polar surface area (TPSA) is 59.0 Å². The van der Waals surface area contributed by atoms with Crippen LogP contribution in [-0.2, 0) is 14.3 Å². The minimum Gasteiger partial charge on any atom is -0.459 e. The molecule has 0 spiro atoms. The molecule has 2 atom stereocenters. The number of unbranched alkanes of at least 4 members (excludes halogenated alkanes) is 1. The average Bonchev–Trinajstić information content (AvgIpc) is 3.08. The Hall–Kier alpha value is -1.89. The third-order valence-corrected chi connectivity index (χ3v) is 5.42. The molecule has 140 valence electrons. The van der Waals surface area contributed by atoms with Gasteiger partial charge in [0.25, 0.3) is 5.91 Å². The van der Waals surface area contributed by atoms with Gasteiger partial charge < -0.3 is 19.5 Å². The number of rotatable bonds is 7. The van der Waals surface area contributed by atoms with Gasteiger partial charge in [0.15, 0.2) is 5.76 Å². The van der Waals surface area contributed by atoms with Crippen LogP contribution in [0.4, 0.5) is 0 Å². The molecule has 26 heavy (non-hydrogen) atoms. The summed E-state index contributed by atoms with van der Waals surface area (Å²) in [5.74, 6) is 0.258. The maximum atomic E-state index is 12.4. The molecule has 0 fully saturated rings. The lowest BCUT2D eigenvalue weighted by Gasteiger charge is -2.30. The van der Waals surface area contributed by atoms with Gasteiger partial charge in [0, 0.05) is 37.7 Å². The molecule has 1 aromatic heterocycles. The van der Waals surface area contributed by atoms with E-state index in [9.17, 15) is 4.79 Å². The Morgan fingerprint density at radius 2 is 2.15 bits per heavy atom. The Kier molecular flexibility index (Phi) is 6.29. The number of aliphatic hydroxyl groups is 1. The third-order valence-electron chi connectivity index (χ3n) is 4.44. The number of allylic oxidation sites excluding steroid dienone is 1. The van der Waals surface area contributed by atoms with Crippen LogP contribution in [0.5, 0.6) is 0 Å². The molecule has 1 aromatic carbocycles. The lowest BCUT2D eigenvalue weighted by atomic mass is 9.92. The first-order valence-corrected chi connectivity index (χ1v) is 9.77. The normalized spacial score (nSPS) is 19.9. The van der Waals surface area contributed by atoms with Crippen molar-refractivity contribution >= 4 is 27.3 Å². The summed E-state index contributed by atoms with van der Waals surface area (Å²) in [6.07, 6.45) is 3.60. The molecule has 1 N–H and O–H groups in total. The van der Waals surface area contributed by atoms with E-state index in [-0.39, 0.29) is 18.4 Å². The van der Waals surface area contributed by atoms with Crippen molar-refractivity contribution in [3.8, 4) is 0 Å². The number of ether oxygens (including phenoxy) is 2. The van der Waals surface area contributed by atoms with E-state index in [4.69, 9.17) is 14.6 Å². The van der Waals surface area contributed by atoms with Gasteiger partial charge in [-0.1, -0.05) is 18.2 Å². The molecule has 0 aliphatic carbocycles. The molecule has 1 aliphatic rings. The van der Waals surface area contributed by atoms with Crippen molar-refractivity contribution in [2.75, 3.05) is 27.3 Å². The Balaban J connectivity index is 1.84. The first-order valence-electron chi connectivity index (χ1n) is 8.89. The number of likely N-dealkylation sites (N-methyl/N-ethyl adjacent to an activating group) is 1. The molecule has 2 heterocycles. The third kappa shape index (κ3) is 4.26. The molecule has 0 radical (unpaired) electrons. The highest BCUT2D eigenvalue weighted by Gasteiger charge is 2.30. The number of amides is 1. The summed E-state index contributed by atoms with van der Waals surface area (Å²) in [6, 6.07) is 8.31. The molecule has 6 heteroatoms. The largest absolute Gasteiger partial charge is 0.459 e. The second-order valence-electron chi connectivity index (χ2n) is 6.61. The van der Waals surface area contributed by atoms with Crippen LogP contribution < -0.4 is 0 Å². The van der Waals surface area contributed by atoms with E-state index < -0.39 is 6.29 Å². The number of carbonyl (C=O) groups excluding carboxylic acids is 1. The van der Waals surface area contributed by atoms with Gasteiger partial charge in [-0.25, -0.2) is 0 Å². The lowest BCUT2D eigenvalue weighted by molar-refractivity contribution is -0.151. The van der Waals surface area contributed by atoms with Crippen LogP contribution in [0.2, 0.25) is 0 Å². The van der Waals surface area contributed by atoms with Crippen LogP contribution in [-0.4, -0.2) is 49.5 Å². The van der Waals surface area contributed by atoms with Gasteiger partial charge in [-0.05, 0) is 41.3 Å². The molecule has 3 rings (SSSR count). The molecular weight excluding hydrogens is 350 g/mol. The number of benzene rings is 1. The van der Waals surface area contributed by atoms with Gasteiger partial charge >= 0.3 is 0 Å². The number of hydrogen-bond donors (Lipinski definition) is 1. The van der Waals surface area contributed by atoms with E-state index in [2.05, 4.69) is 17.5 Å². The summed E-state index contributed by atoms with van der Waals surface area (Å²) in [4.78, 5) is 14.0. The van der Waals surface area contributed by atoms with Crippen molar-refractivity contribution in [2.45, 2.75) is 31.5 Å². The number of carbonyl (C=O) groups is 1. The SMILES string of the molecule is CN(C)C(=O)C1=C[C@H](c2csc3ccccc23)C[C@H](OCCCCO)O1. The predicted molar refractivity (Wildman–Crippen MR) is 103 cm³/mol. The Labute approximate surface area is 157 Å². The van der Waals surface area contributed by atoms with Crippen LogP contribution in [0.3, 0.4) is 0 Å². The molecule has 5 nitrogen and oxygen atoms in total. The van der Waals surface area contributed by atoms with Crippen molar-refractivity contribution < 1.29 is 19.4 Å². The van der Waals surface area contributed by atoms with E-state index >= 15 is 0 Å². The number of nitrogens with zero attached hydrogens (tertiary/aromatic N) is 1. The molecule has 0 saturated carbocycles. The summed E-state index contributed by atoms with van der Waals surface area (Å²) < 4.78 is 12.9. The smallest absolute Gasteiger partial charge is 0.288 e. The van der Waals surface area contributed by atoms with E-state index in [1.165, 1.54) is 20.5 Å². The highest BCUT2D eigenvalue weighted by molar-refractivity contribution is 7.17. The zero-order chi connectivity index (χ0) is 18.5. The monoisotopic (exact) mass is 375 g/mol. The molecule has 2 aromatic rings. The molecule has 1 aliphatic heterocycles. The van der Waals surface area contributed by atoms with E-state index in [1.807, 2.05) is 18.2 Å². The van der Waals surface area contributed by atoms with Gasteiger partial charge in [-0.3, -0.25) is 4.79 Å². The fourth-order valence-corrected chi connectivity index (χ4v) is 4.09. The van der Waals surface area contributed by atoms with Crippen molar-refractivity contribution in [3.05, 3.63) is 47.0 Å². The number of hydrogen-bond acceptors (Lipinski definition) is 5. The van der Waals surface area contributed by atoms with Gasteiger partial charge in [0.2, 0.25) is 6.29 Å². The minimum absolute atomic E-state index is 0.0710. The molecule has 0 saturated heterocycles. The number of thiophene rings is 1. The highest BCUT2D eigenvalue weighted by Crippen LogP contribution is 2.38. The zero-order valence-electron chi connectivity index (χ0n) is 15.2. The van der Waals surface area contributed by atoms with Gasteiger partial charge in [0.1, 0.15) is 0 Å². The van der Waals surface area contributed by atoms with E-state index in [0.717, 1.165) is 6.42 Å². The second-order valence-corrected chi connectivity index (χ2v) is 7.52. The van der Waals surface area contributed by atoms with Crippen molar-refractivity contribution in [2.24, 2.45) is 0 Å². The van der Waals surface area contributed by atoms with Gasteiger partial charge in [-0.15, -0.1) is 11.3 Å². The average molecular weight is 375 g/mol. The minimum atomic E-state index is -0.457. The molecule has 1 amide bonds. The van der Waals surface area contributed by atoms with Crippen molar-refractivity contribution in [3.63, 3.8) is 0 Å². The maximum Gasteiger partial charge on any atom is 0.288 e. The maximum absolute atomic E-state index is 12.4. The van der Waals surface area contributed by atoms with Crippen LogP contribution >= 0.6 is 11.3 Å². The number of aliphatic hydroxyl groups excluding tert-OH is 1. The quantitative estimate of drug-likeness (QED) is 0.753. The van der Waals surface area contributed by atoms with Gasteiger partial charge in [-0.2, -0.15) is 0 Å². The zero-order valence-corrected chi connectivity index (χ0v) is 16.0. The summed E-state index contributed by atoms with van der Waals surface area (Å²) in [5, 5.41) is 12.3. The van der Waals surface area contributed by atoms with Crippen LogP contribution in [0.25, 0.3) is 10.1 Å². The van der Waals surface area contributed by atoms with Crippen molar-refractivity contribution in [1.29, 1.82) is 0 Å². The lowest BCUT2D eigenvalue weighted by Crippen LogP contribution is -2.32. The van der Waals surface area contributed by atoms with Crippen LogP contribution in [0.1, 0.15) is 30.7 Å². The van der Waals surface area contributed by atoms with Crippen molar-refractivity contribution in [1.82, 2.24) is 4.90 Å². The van der Waals surface area contributed by atoms with Crippen LogP contribution in [0, 0.1) is 0 Å². The number of fused-ring (bicyclic) bond motifs is 1. The first kappa shape index (κ1) is 18.9. The Bertz CT molecular complexity index is 783. The second kappa shape index (κ2) is 8.66. The molecule has 0 bridgehead atoms. The standard InChI is InChI=1S/C20H25NO4S/c1-21(2)20(23)17-11-14(12-19(25-17)24-10-6-5-9-22)16-13-26-18-8-4-3-7-15(16)18/h3-4,7-8,11,13-14,19,22H,5-6,9-10,12H2,1-2H3/t14-,19+/m0/s1. The van der Waals surface area contributed by atoms with E-state index in [1.54, 1.807) is 25.4 Å². The van der Waals surface area contributed by atoms with Crippen LogP contribution in [0.15, 0.2) is 41.5 Å². The summed E-state index contributed by atoms with van der Waals surface area (Å²) in [5.41, 5.74) is 1.21. The fourth-order valence-electron chi connectivity index (χ4n) is 3.06. The highest BCUT2D eigenvalue weighted by atomic mass is 32.1. The Morgan fingerprint density at radius 1 is 1.35 bits per heavy atom. The summed E-state index contributed by atoms with van der Waals surface area (Å²) >= 11 is 1.72. The summed E-state index contributed by atoms with van der Waals surface area (Å²) in [6.45, 7) is 0.661. The Morgan fingerprint density at radius 3 is 2.92 bits per heavy atom. The predicted octanol–water partition coefficient (Wildman–Crippen LogP) is 3.49.